The summed E-state index contributed by atoms with van der Waals surface area (Å²) in [5.41, 5.74) is 0.832. The minimum absolute atomic E-state index is 0.0501. The molecule has 1 aliphatic heterocycles. The molecule has 0 saturated carbocycles. The molecular formula is C23H19FN2O5. The molecule has 2 aromatic carbocycles. The normalized spacial score (nSPS) is 17.9. The van der Waals surface area contributed by atoms with Gasteiger partial charge in [-0.05, 0) is 43.7 Å². The van der Waals surface area contributed by atoms with Crippen LogP contribution in [-0.4, -0.2) is 29.1 Å². The summed E-state index contributed by atoms with van der Waals surface area (Å²) in [5.74, 6) is -1.86. The zero-order valence-electron chi connectivity index (χ0n) is 17.0. The van der Waals surface area contributed by atoms with Crippen LogP contribution in [0.15, 0.2) is 58.6 Å². The molecule has 0 bridgehead atoms. The van der Waals surface area contributed by atoms with Crippen LogP contribution in [0.1, 0.15) is 28.5 Å². The average Bonchev–Trinajstić information content (AvgIpc) is 3.28. The SMILES string of the molecule is COc1ccc(C(O)=C2C(=O)C(=O)N(c3cc(C)on3)C2c2ccccc2F)cc1C. The maximum absolute atomic E-state index is 14.8. The van der Waals surface area contributed by atoms with Crippen molar-refractivity contribution in [3.8, 4) is 5.75 Å². The number of aliphatic hydroxyl groups excluding tert-OH is 1. The molecule has 1 fully saturated rings. The van der Waals surface area contributed by atoms with Crippen molar-refractivity contribution in [2.45, 2.75) is 19.9 Å². The first-order valence-corrected chi connectivity index (χ1v) is 9.47. The Morgan fingerprint density at radius 1 is 1.16 bits per heavy atom. The summed E-state index contributed by atoms with van der Waals surface area (Å²) < 4.78 is 25.1. The Morgan fingerprint density at radius 3 is 2.52 bits per heavy atom. The van der Waals surface area contributed by atoms with Crippen molar-refractivity contribution in [1.82, 2.24) is 5.16 Å². The highest BCUT2D eigenvalue weighted by atomic mass is 19.1. The zero-order valence-corrected chi connectivity index (χ0v) is 17.0. The van der Waals surface area contributed by atoms with Crippen LogP contribution in [0.3, 0.4) is 0 Å². The van der Waals surface area contributed by atoms with E-state index in [1.54, 1.807) is 38.1 Å². The molecule has 1 atom stereocenters. The molecule has 31 heavy (non-hydrogen) atoms. The van der Waals surface area contributed by atoms with E-state index in [-0.39, 0.29) is 17.0 Å². The Balaban J connectivity index is 1.96. The highest BCUT2D eigenvalue weighted by molar-refractivity contribution is 6.51. The predicted octanol–water partition coefficient (Wildman–Crippen LogP) is 4.07. The number of aryl methyl sites for hydroxylation is 2. The summed E-state index contributed by atoms with van der Waals surface area (Å²) in [7, 11) is 1.52. The smallest absolute Gasteiger partial charge is 0.301 e. The number of Topliss-reactive ketones (excluding diaryl/α,β-unsaturated/α-hetero) is 1. The number of ether oxygens (including phenoxy) is 1. The van der Waals surface area contributed by atoms with E-state index in [1.807, 2.05) is 0 Å². The van der Waals surface area contributed by atoms with Crippen LogP contribution in [0.2, 0.25) is 0 Å². The van der Waals surface area contributed by atoms with Gasteiger partial charge in [-0.2, -0.15) is 0 Å². The van der Waals surface area contributed by atoms with Crippen molar-refractivity contribution < 1.29 is 28.3 Å². The quantitative estimate of drug-likeness (QED) is 0.387. The number of benzene rings is 2. The van der Waals surface area contributed by atoms with Gasteiger partial charge in [-0.3, -0.25) is 14.5 Å². The molecule has 3 aromatic rings. The second-order valence-corrected chi connectivity index (χ2v) is 7.17. The van der Waals surface area contributed by atoms with Gasteiger partial charge in [0, 0.05) is 17.2 Å². The lowest BCUT2D eigenvalue weighted by molar-refractivity contribution is -0.132. The minimum atomic E-state index is -1.21. The maximum atomic E-state index is 14.8. The van der Waals surface area contributed by atoms with Gasteiger partial charge in [0.05, 0.1) is 18.7 Å². The third-order valence-electron chi connectivity index (χ3n) is 5.17. The number of anilines is 1. The molecule has 0 radical (unpaired) electrons. The van der Waals surface area contributed by atoms with Crippen LogP contribution >= 0.6 is 0 Å². The molecule has 1 aliphatic rings. The Kier molecular flexibility index (Phi) is 5.06. The third-order valence-corrected chi connectivity index (χ3v) is 5.17. The number of amides is 1. The third kappa shape index (κ3) is 3.35. The first-order chi connectivity index (χ1) is 14.8. The van der Waals surface area contributed by atoms with E-state index >= 15 is 0 Å². The van der Waals surface area contributed by atoms with Crippen molar-refractivity contribution in [3.63, 3.8) is 0 Å². The number of rotatable bonds is 4. The van der Waals surface area contributed by atoms with Gasteiger partial charge in [0.1, 0.15) is 23.1 Å². The molecule has 1 unspecified atom stereocenters. The summed E-state index contributed by atoms with van der Waals surface area (Å²) in [4.78, 5) is 27.0. The monoisotopic (exact) mass is 422 g/mol. The first kappa shape index (κ1) is 20.3. The molecule has 2 heterocycles. The molecule has 4 rings (SSSR count). The summed E-state index contributed by atoms with van der Waals surface area (Å²) in [5, 5.41) is 14.9. The zero-order chi connectivity index (χ0) is 22.3. The van der Waals surface area contributed by atoms with Crippen LogP contribution in [0.4, 0.5) is 10.2 Å². The standard InChI is InChI=1S/C23H19FN2O5/c1-12-10-14(8-9-17(12)30-3)21(27)19-20(15-6-4-5-7-16(15)24)26(23(29)22(19)28)18-11-13(2)31-25-18/h4-11,20,27H,1-3H3. The molecule has 1 N–H and O–H groups in total. The number of ketones is 1. The van der Waals surface area contributed by atoms with E-state index in [4.69, 9.17) is 9.26 Å². The van der Waals surface area contributed by atoms with Crippen molar-refractivity contribution in [3.05, 3.63) is 82.4 Å². The predicted molar refractivity (Wildman–Crippen MR) is 110 cm³/mol. The number of aromatic nitrogens is 1. The van der Waals surface area contributed by atoms with Gasteiger partial charge in [-0.15, -0.1) is 0 Å². The number of hydrogen-bond donors (Lipinski definition) is 1. The van der Waals surface area contributed by atoms with Crippen LogP contribution in [0.25, 0.3) is 5.76 Å². The summed E-state index contributed by atoms with van der Waals surface area (Å²) in [6.45, 7) is 3.41. The van der Waals surface area contributed by atoms with Gasteiger partial charge in [-0.25, -0.2) is 4.39 Å². The minimum Gasteiger partial charge on any atom is -0.507 e. The Bertz CT molecular complexity index is 1230. The molecule has 1 amide bonds. The number of methoxy groups -OCH3 is 1. The van der Waals surface area contributed by atoms with Crippen LogP contribution < -0.4 is 9.64 Å². The fraction of sp³-hybridized carbons (Fsp3) is 0.174. The molecule has 1 saturated heterocycles. The van der Waals surface area contributed by atoms with E-state index in [0.29, 0.717) is 17.1 Å². The first-order valence-electron chi connectivity index (χ1n) is 9.47. The van der Waals surface area contributed by atoms with Gasteiger partial charge in [-0.1, -0.05) is 23.4 Å². The van der Waals surface area contributed by atoms with E-state index in [1.165, 1.54) is 31.4 Å². The highest BCUT2D eigenvalue weighted by Gasteiger charge is 2.48. The Labute approximate surface area is 177 Å². The number of nitrogens with zero attached hydrogens (tertiary/aromatic N) is 2. The maximum Gasteiger partial charge on any atom is 0.301 e. The molecule has 8 heteroatoms. The van der Waals surface area contributed by atoms with E-state index in [2.05, 4.69) is 5.16 Å². The van der Waals surface area contributed by atoms with Gasteiger partial charge in [0.15, 0.2) is 5.82 Å². The van der Waals surface area contributed by atoms with Crippen molar-refractivity contribution in [2.75, 3.05) is 12.0 Å². The largest absolute Gasteiger partial charge is 0.507 e. The summed E-state index contributed by atoms with van der Waals surface area (Å²) in [6, 6.07) is 10.8. The highest BCUT2D eigenvalue weighted by Crippen LogP contribution is 2.42. The van der Waals surface area contributed by atoms with E-state index < -0.39 is 29.3 Å². The molecule has 0 aliphatic carbocycles. The lowest BCUT2D eigenvalue weighted by Crippen LogP contribution is -2.30. The van der Waals surface area contributed by atoms with Gasteiger partial charge in [0.25, 0.3) is 5.78 Å². The number of carbonyl (C=O) groups excluding carboxylic acids is 2. The average molecular weight is 422 g/mol. The molecule has 7 nitrogen and oxygen atoms in total. The van der Waals surface area contributed by atoms with Gasteiger partial charge >= 0.3 is 5.91 Å². The number of aliphatic hydroxyl groups is 1. The lowest BCUT2D eigenvalue weighted by atomic mass is 9.94. The second kappa shape index (κ2) is 7.71. The Morgan fingerprint density at radius 2 is 1.90 bits per heavy atom. The van der Waals surface area contributed by atoms with Crippen molar-refractivity contribution in [2.24, 2.45) is 0 Å². The molecule has 1 aromatic heterocycles. The van der Waals surface area contributed by atoms with E-state index in [0.717, 1.165) is 10.5 Å². The number of carbonyl (C=O) groups is 2. The number of hydrogen-bond acceptors (Lipinski definition) is 6. The van der Waals surface area contributed by atoms with Crippen molar-refractivity contribution in [1.29, 1.82) is 0 Å². The fourth-order valence-electron chi connectivity index (χ4n) is 3.71. The second-order valence-electron chi connectivity index (χ2n) is 7.17. The van der Waals surface area contributed by atoms with E-state index in [9.17, 15) is 19.1 Å². The van der Waals surface area contributed by atoms with Gasteiger partial charge < -0.3 is 14.4 Å². The Hall–Kier alpha value is -3.94. The van der Waals surface area contributed by atoms with Crippen LogP contribution in [0, 0.1) is 19.7 Å². The van der Waals surface area contributed by atoms with Gasteiger partial charge in [0.2, 0.25) is 0 Å². The summed E-state index contributed by atoms with van der Waals surface area (Å²) >= 11 is 0. The fourth-order valence-corrected chi connectivity index (χ4v) is 3.71. The van der Waals surface area contributed by atoms with Crippen LogP contribution in [0.5, 0.6) is 5.75 Å². The summed E-state index contributed by atoms with van der Waals surface area (Å²) in [6.07, 6.45) is 0. The topological polar surface area (TPSA) is 92.9 Å². The van der Waals surface area contributed by atoms with Crippen molar-refractivity contribution >= 4 is 23.3 Å². The molecule has 158 valence electrons. The molecular weight excluding hydrogens is 403 g/mol. The number of halogens is 1. The molecule has 0 spiro atoms. The lowest BCUT2D eigenvalue weighted by Gasteiger charge is -2.23. The van der Waals surface area contributed by atoms with Crippen LogP contribution in [-0.2, 0) is 9.59 Å².